The molecule has 0 fully saturated rings. The Hall–Kier alpha value is 0.0495. The summed E-state index contributed by atoms with van der Waals surface area (Å²) in [5.41, 5.74) is 0. The molecule has 0 N–H and O–H groups in total. The monoisotopic (exact) mass is 276 g/mol. The van der Waals surface area contributed by atoms with Crippen molar-refractivity contribution in [1.82, 2.24) is 0 Å². The third-order valence-electron chi connectivity index (χ3n) is 1.28. The van der Waals surface area contributed by atoms with E-state index in [-0.39, 0.29) is 0 Å². The second kappa shape index (κ2) is 7.45. The van der Waals surface area contributed by atoms with Gasteiger partial charge in [0.15, 0.2) is 0 Å². The second-order valence-electron chi connectivity index (χ2n) is 2.27. The summed E-state index contributed by atoms with van der Waals surface area (Å²) in [7, 11) is 0. The first-order chi connectivity index (χ1) is 6.43. The van der Waals surface area contributed by atoms with Crippen LogP contribution in [0, 0.1) is 0 Å². The minimum absolute atomic E-state index is 1.17. The fraction of sp³-hybridized carbons (Fsp3) is 0.200. The van der Waals surface area contributed by atoms with E-state index in [2.05, 4.69) is 45.7 Å². The van der Waals surface area contributed by atoms with Gasteiger partial charge in [0.2, 0.25) is 0 Å². The van der Waals surface area contributed by atoms with Crippen LogP contribution < -0.4 is 0 Å². The average molecular weight is 275 g/mol. The van der Waals surface area contributed by atoms with Crippen LogP contribution in [0.4, 0.5) is 0 Å². The summed E-state index contributed by atoms with van der Waals surface area (Å²) in [6, 6.07) is 12.5. The predicted octanol–water partition coefficient (Wildman–Crippen LogP) is 3.28. The Morgan fingerprint density at radius 2 is 1.92 bits per heavy atom. The molecule has 0 spiro atoms. The molecule has 0 aliphatic rings. The van der Waals surface area contributed by atoms with E-state index in [0.29, 0.717) is 0 Å². The van der Waals surface area contributed by atoms with Crippen molar-refractivity contribution in [2.75, 3.05) is 5.75 Å². The summed E-state index contributed by atoms with van der Waals surface area (Å²) in [6.07, 6.45) is 0. The van der Waals surface area contributed by atoms with Gasteiger partial charge in [0, 0.05) is 0 Å². The molecular weight excluding hydrogens is 263 g/mol. The van der Waals surface area contributed by atoms with Gasteiger partial charge in [0.05, 0.1) is 0 Å². The summed E-state index contributed by atoms with van der Waals surface area (Å²) in [5, 5.41) is 3.29. The number of hydrogen-bond acceptors (Lipinski definition) is 2. The zero-order valence-corrected chi connectivity index (χ0v) is 10.7. The number of rotatable bonds is 3. The molecule has 0 atom stereocenters. The van der Waals surface area contributed by atoms with Gasteiger partial charge in [0.1, 0.15) is 0 Å². The van der Waals surface area contributed by atoms with E-state index in [1.54, 1.807) is 11.3 Å². The van der Waals surface area contributed by atoms with Gasteiger partial charge < -0.3 is 0 Å². The Bertz CT molecular complexity index is 258. The van der Waals surface area contributed by atoms with E-state index in [1.807, 2.05) is 23.9 Å². The molecule has 1 rings (SSSR count). The molecule has 3 heteroatoms. The van der Waals surface area contributed by atoms with Gasteiger partial charge in [-0.05, 0) is 0 Å². The van der Waals surface area contributed by atoms with Crippen LogP contribution in [-0.2, 0) is 0 Å². The normalized spacial score (nSPS) is 9.31. The molecule has 0 unspecified atom stereocenters. The zero-order chi connectivity index (χ0) is 9.36. The van der Waals surface area contributed by atoms with Crippen molar-refractivity contribution in [1.29, 1.82) is 0 Å². The quantitative estimate of drug-likeness (QED) is 0.602. The van der Waals surface area contributed by atoms with Gasteiger partial charge >= 0.3 is 96.2 Å². The molecule has 0 aromatic carbocycles. The van der Waals surface area contributed by atoms with Crippen LogP contribution in [0.1, 0.15) is 0 Å². The van der Waals surface area contributed by atoms with Gasteiger partial charge in [0.25, 0.3) is 0 Å². The fourth-order valence-corrected chi connectivity index (χ4v) is 2.94. The molecule has 0 aliphatic heterocycles. The third kappa shape index (κ3) is 5.37. The van der Waals surface area contributed by atoms with Crippen molar-refractivity contribution in [3.05, 3.63) is 41.8 Å². The van der Waals surface area contributed by atoms with Gasteiger partial charge in [-0.25, -0.2) is 0 Å². The first-order valence-electron chi connectivity index (χ1n) is 4.04. The number of hydrogen-bond donors (Lipinski definition) is 0. The van der Waals surface area contributed by atoms with Crippen LogP contribution in [0.2, 0.25) is 5.32 Å². The van der Waals surface area contributed by atoms with Gasteiger partial charge in [-0.1, -0.05) is 0 Å². The Morgan fingerprint density at radius 1 is 1.15 bits per heavy atom. The van der Waals surface area contributed by atoms with Crippen LogP contribution in [0.5, 0.6) is 0 Å². The maximum absolute atomic E-state index is 2.61. The Balaban J connectivity index is 2.78. The third-order valence-corrected chi connectivity index (χ3v) is 4.54. The molecule has 0 saturated heterocycles. The first kappa shape index (κ1) is 11.1. The van der Waals surface area contributed by atoms with Crippen molar-refractivity contribution in [3.63, 3.8) is 0 Å². The van der Waals surface area contributed by atoms with Crippen molar-refractivity contribution in [2.24, 2.45) is 0 Å². The summed E-state index contributed by atoms with van der Waals surface area (Å²) >= 11 is 6.31. The summed E-state index contributed by atoms with van der Waals surface area (Å²) in [4.78, 5) is 0. The van der Waals surface area contributed by atoms with Crippen LogP contribution in [0.3, 0.4) is 0 Å². The first-order valence-corrected chi connectivity index (χ1v) is 7.23. The SMILES string of the molecule is [SeH]CCSc1cccccccs1. The van der Waals surface area contributed by atoms with E-state index in [9.17, 15) is 0 Å². The predicted molar refractivity (Wildman–Crippen MR) is 64.6 cm³/mol. The van der Waals surface area contributed by atoms with E-state index in [0.717, 1.165) is 0 Å². The van der Waals surface area contributed by atoms with E-state index in [4.69, 9.17) is 0 Å². The molecule has 0 nitrogen and oxygen atoms in total. The van der Waals surface area contributed by atoms with E-state index in [1.165, 1.54) is 15.3 Å². The molecule has 0 aliphatic carbocycles. The number of thioether (sulfide) groups is 1. The molecule has 0 amide bonds. The molecule has 0 radical (unpaired) electrons. The minimum atomic E-state index is 1.17. The maximum atomic E-state index is 2.61. The van der Waals surface area contributed by atoms with Crippen LogP contribution in [-0.4, -0.2) is 21.8 Å². The Labute approximate surface area is 95.9 Å². The Morgan fingerprint density at radius 3 is 2.77 bits per heavy atom. The molecule has 70 valence electrons. The van der Waals surface area contributed by atoms with Crippen LogP contribution >= 0.6 is 23.1 Å². The molecule has 1 heterocycles. The molecular formula is C10H12S2Se. The summed E-state index contributed by atoms with van der Waals surface area (Å²) < 4.78 is 1.36. The molecule has 0 bridgehead atoms. The van der Waals surface area contributed by atoms with Crippen molar-refractivity contribution in [3.8, 4) is 0 Å². The van der Waals surface area contributed by atoms with Crippen LogP contribution in [0.25, 0.3) is 0 Å². The summed E-state index contributed by atoms with van der Waals surface area (Å²) in [5.74, 6) is 1.17. The zero-order valence-electron chi connectivity index (χ0n) is 7.22. The van der Waals surface area contributed by atoms with Crippen molar-refractivity contribution in [2.45, 2.75) is 9.53 Å². The van der Waals surface area contributed by atoms with Crippen molar-refractivity contribution >= 4 is 39.1 Å². The standard InChI is InChI=1S/C10H12S2Se/c13-9-8-12-10-6-4-2-1-3-5-7-11-10/h1-7,13H,8-9H2. The average Bonchev–Trinajstić information content (AvgIpc) is 2.28. The fourth-order valence-electron chi connectivity index (χ4n) is 0.746. The molecule has 1 aromatic rings. The van der Waals surface area contributed by atoms with Crippen LogP contribution in [0.15, 0.2) is 46.0 Å². The van der Waals surface area contributed by atoms with Gasteiger partial charge in [-0.3, -0.25) is 0 Å². The molecule has 13 heavy (non-hydrogen) atoms. The second-order valence-corrected chi connectivity index (χ2v) is 5.56. The van der Waals surface area contributed by atoms with Gasteiger partial charge in [-0.15, -0.1) is 0 Å². The van der Waals surface area contributed by atoms with Crippen molar-refractivity contribution < 1.29 is 0 Å². The summed E-state index contributed by atoms with van der Waals surface area (Å²) in [6.45, 7) is 0. The molecule has 0 saturated carbocycles. The molecule has 1 aromatic heterocycles. The van der Waals surface area contributed by atoms with Gasteiger partial charge in [-0.2, -0.15) is 0 Å². The van der Waals surface area contributed by atoms with E-state index < -0.39 is 0 Å². The van der Waals surface area contributed by atoms with E-state index >= 15 is 0 Å². The topological polar surface area (TPSA) is 0 Å². The Kier molecular flexibility index (Phi) is 6.38.